The van der Waals surface area contributed by atoms with Gasteiger partial charge in [0.1, 0.15) is 0 Å². The van der Waals surface area contributed by atoms with Crippen molar-refractivity contribution in [3.8, 4) is 0 Å². The molecule has 0 bridgehead atoms. The van der Waals surface area contributed by atoms with Crippen LogP contribution in [-0.2, 0) is 10.6 Å². The lowest BCUT2D eigenvalue weighted by Crippen LogP contribution is -2.22. The van der Waals surface area contributed by atoms with Crippen molar-refractivity contribution < 1.29 is 4.74 Å². The molecule has 0 aliphatic carbocycles. The van der Waals surface area contributed by atoms with E-state index in [1.54, 1.807) is 6.20 Å². The molecular formula is C11H17ClN2O. The highest BCUT2D eigenvalue weighted by atomic mass is 35.5. The number of hydrogen-bond acceptors (Lipinski definition) is 3. The zero-order chi connectivity index (χ0) is 11.1. The van der Waals surface area contributed by atoms with Gasteiger partial charge in [0.15, 0.2) is 0 Å². The van der Waals surface area contributed by atoms with E-state index in [4.69, 9.17) is 16.3 Å². The van der Waals surface area contributed by atoms with Crippen LogP contribution in [0.1, 0.15) is 12.6 Å². The van der Waals surface area contributed by atoms with Gasteiger partial charge in [-0.05, 0) is 19.1 Å². The maximum absolute atomic E-state index is 5.72. The fourth-order valence-electron chi connectivity index (χ4n) is 1.25. The third kappa shape index (κ3) is 4.06. The van der Waals surface area contributed by atoms with Crippen LogP contribution in [0, 0.1) is 0 Å². The van der Waals surface area contributed by atoms with E-state index in [0.717, 1.165) is 31.1 Å². The Bertz CT molecular complexity index is 294. The van der Waals surface area contributed by atoms with Crippen molar-refractivity contribution in [2.24, 2.45) is 0 Å². The second-order valence-electron chi connectivity index (χ2n) is 3.26. The van der Waals surface area contributed by atoms with Crippen LogP contribution in [0.15, 0.2) is 18.3 Å². The number of anilines is 1. The Morgan fingerprint density at radius 2 is 2.33 bits per heavy atom. The van der Waals surface area contributed by atoms with E-state index in [-0.39, 0.29) is 0 Å². The molecule has 0 radical (unpaired) electrons. The molecule has 15 heavy (non-hydrogen) atoms. The molecule has 0 N–H and O–H groups in total. The summed E-state index contributed by atoms with van der Waals surface area (Å²) >= 11 is 5.72. The molecule has 3 nitrogen and oxygen atoms in total. The van der Waals surface area contributed by atoms with Crippen LogP contribution < -0.4 is 4.90 Å². The highest BCUT2D eigenvalue weighted by Gasteiger charge is 2.01. The minimum absolute atomic E-state index is 0.452. The molecule has 0 saturated carbocycles. The van der Waals surface area contributed by atoms with Crippen LogP contribution >= 0.6 is 11.6 Å². The summed E-state index contributed by atoms with van der Waals surface area (Å²) in [5.41, 5.74) is 2.03. The second kappa shape index (κ2) is 6.64. The maximum atomic E-state index is 5.72. The number of halogens is 1. The standard InChI is InChI=1S/C11H17ClN2O/c1-3-15-7-6-14(2)11-4-5-13-10(8-11)9-12/h4-5,8H,3,6-7,9H2,1-2H3. The maximum Gasteiger partial charge on any atom is 0.0648 e. The molecule has 1 heterocycles. The van der Waals surface area contributed by atoms with Crippen molar-refractivity contribution in [3.05, 3.63) is 24.0 Å². The van der Waals surface area contributed by atoms with Crippen molar-refractivity contribution in [1.29, 1.82) is 0 Å². The summed E-state index contributed by atoms with van der Waals surface area (Å²) in [6.07, 6.45) is 1.78. The molecule has 0 unspecified atom stereocenters. The number of aromatic nitrogens is 1. The average Bonchev–Trinajstić information content (AvgIpc) is 2.29. The zero-order valence-corrected chi connectivity index (χ0v) is 10.00. The molecule has 0 atom stereocenters. The highest BCUT2D eigenvalue weighted by molar-refractivity contribution is 6.16. The summed E-state index contributed by atoms with van der Waals surface area (Å²) in [5.74, 6) is 0.452. The Labute approximate surface area is 96.0 Å². The third-order valence-electron chi connectivity index (χ3n) is 2.15. The Morgan fingerprint density at radius 3 is 3.00 bits per heavy atom. The number of pyridine rings is 1. The molecule has 0 aliphatic rings. The molecule has 0 amide bonds. The highest BCUT2D eigenvalue weighted by Crippen LogP contribution is 2.13. The van der Waals surface area contributed by atoms with E-state index < -0.39 is 0 Å². The molecule has 84 valence electrons. The van der Waals surface area contributed by atoms with E-state index in [1.165, 1.54) is 0 Å². The van der Waals surface area contributed by atoms with Gasteiger partial charge in [-0.15, -0.1) is 11.6 Å². The van der Waals surface area contributed by atoms with Crippen LogP contribution in [0.2, 0.25) is 0 Å². The Kier molecular flexibility index (Phi) is 5.43. The molecule has 1 aromatic heterocycles. The minimum atomic E-state index is 0.452. The molecular weight excluding hydrogens is 212 g/mol. The minimum Gasteiger partial charge on any atom is -0.380 e. The number of likely N-dealkylation sites (N-methyl/N-ethyl adjacent to an activating group) is 1. The largest absolute Gasteiger partial charge is 0.380 e. The number of nitrogens with zero attached hydrogens (tertiary/aromatic N) is 2. The smallest absolute Gasteiger partial charge is 0.0648 e. The fraction of sp³-hybridized carbons (Fsp3) is 0.545. The first-order chi connectivity index (χ1) is 7.27. The topological polar surface area (TPSA) is 25.4 Å². The summed E-state index contributed by atoms with van der Waals surface area (Å²) < 4.78 is 5.30. The van der Waals surface area contributed by atoms with Crippen LogP contribution in [0.25, 0.3) is 0 Å². The number of ether oxygens (including phenoxy) is 1. The van der Waals surface area contributed by atoms with Gasteiger partial charge in [0, 0.05) is 32.1 Å². The predicted molar refractivity (Wildman–Crippen MR) is 63.6 cm³/mol. The van der Waals surface area contributed by atoms with Gasteiger partial charge in [-0.2, -0.15) is 0 Å². The van der Waals surface area contributed by atoms with Crippen molar-refractivity contribution in [1.82, 2.24) is 4.98 Å². The first-order valence-corrected chi connectivity index (χ1v) is 5.61. The first kappa shape index (κ1) is 12.3. The predicted octanol–water partition coefficient (Wildman–Crippen LogP) is 2.29. The lowest BCUT2D eigenvalue weighted by molar-refractivity contribution is 0.154. The Morgan fingerprint density at radius 1 is 1.53 bits per heavy atom. The Hall–Kier alpha value is -0.800. The molecule has 0 aromatic carbocycles. The van der Waals surface area contributed by atoms with Crippen LogP contribution in [0.5, 0.6) is 0 Å². The quantitative estimate of drug-likeness (QED) is 0.552. The summed E-state index contributed by atoms with van der Waals surface area (Å²) in [6.45, 7) is 4.38. The lowest BCUT2D eigenvalue weighted by Gasteiger charge is -2.19. The van der Waals surface area contributed by atoms with Crippen LogP contribution in [0.3, 0.4) is 0 Å². The second-order valence-corrected chi connectivity index (χ2v) is 3.52. The molecule has 0 aliphatic heterocycles. The van der Waals surface area contributed by atoms with Gasteiger partial charge in [0.05, 0.1) is 18.2 Å². The average molecular weight is 229 g/mol. The molecule has 1 aromatic rings. The van der Waals surface area contributed by atoms with Gasteiger partial charge in [0.25, 0.3) is 0 Å². The number of hydrogen-bond donors (Lipinski definition) is 0. The zero-order valence-electron chi connectivity index (χ0n) is 9.24. The van der Waals surface area contributed by atoms with Crippen molar-refractivity contribution in [2.45, 2.75) is 12.8 Å². The van der Waals surface area contributed by atoms with E-state index in [2.05, 4.69) is 9.88 Å². The molecule has 0 saturated heterocycles. The Balaban J connectivity index is 2.52. The summed E-state index contributed by atoms with van der Waals surface area (Å²) in [4.78, 5) is 6.28. The van der Waals surface area contributed by atoms with E-state index in [9.17, 15) is 0 Å². The SMILES string of the molecule is CCOCCN(C)c1ccnc(CCl)c1. The van der Waals surface area contributed by atoms with Crippen LogP contribution in [-0.4, -0.2) is 31.8 Å². The fourth-order valence-corrected chi connectivity index (χ4v) is 1.40. The molecule has 0 spiro atoms. The monoisotopic (exact) mass is 228 g/mol. The van der Waals surface area contributed by atoms with E-state index >= 15 is 0 Å². The third-order valence-corrected chi connectivity index (χ3v) is 2.43. The van der Waals surface area contributed by atoms with Gasteiger partial charge >= 0.3 is 0 Å². The van der Waals surface area contributed by atoms with E-state index in [0.29, 0.717) is 5.88 Å². The summed E-state index contributed by atoms with van der Waals surface area (Å²) in [5, 5.41) is 0. The molecule has 1 rings (SSSR count). The van der Waals surface area contributed by atoms with Gasteiger partial charge in [0.2, 0.25) is 0 Å². The van der Waals surface area contributed by atoms with Gasteiger partial charge in [-0.1, -0.05) is 0 Å². The number of rotatable bonds is 6. The van der Waals surface area contributed by atoms with Gasteiger partial charge < -0.3 is 9.64 Å². The van der Waals surface area contributed by atoms with Crippen molar-refractivity contribution >= 4 is 17.3 Å². The lowest BCUT2D eigenvalue weighted by atomic mass is 10.3. The molecule has 4 heteroatoms. The van der Waals surface area contributed by atoms with Gasteiger partial charge in [-0.3, -0.25) is 4.98 Å². The van der Waals surface area contributed by atoms with Crippen molar-refractivity contribution in [3.63, 3.8) is 0 Å². The van der Waals surface area contributed by atoms with Gasteiger partial charge in [-0.25, -0.2) is 0 Å². The first-order valence-electron chi connectivity index (χ1n) is 5.07. The van der Waals surface area contributed by atoms with Crippen molar-refractivity contribution in [2.75, 3.05) is 31.7 Å². The van der Waals surface area contributed by atoms with Crippen LogP contribution in [0.4, 0.5) is 5.69 Å². The molecule has 0 fully saturated rings. The normalized spacial score (nSPS) is 10.3. The number of alkyl halides is 1. The summed E-state index contributed by atoms with van der Waals surface area (Å²) in [6, 6.07) is 3.97. The van der Waals surface area contributed by atoms with E-state index in [1.807, 2.05) is 26.1 Å². The summed E-state index contributed by atoms with van der Waals surface area (Å²) in [7, 11) is 2.03.